The smallest absolute Gasteiger partial charge is 0.325 e. The molecule has 3 aliphatic heterocycles. The number of piperidine rings is 2. The Bertz CT molecular complexity index is 562. The van der Waals surface area contributed by atoms with Crippen LogP contribution < -0.4 is 5.32 Å². The van der Waals surface area contributed by atoms with Gasteiger partial charge in [-0.25, -0.2) is 4.79 Å². The first-order chi connectivity index (χ1) is 11.5. The normalized spacial score (nSPS) is 27.4. The number of hydrogen-bond acceptors (Lipinski definition) is 4. The number of urea groups is 1. The van der Waals surface area contributed by atoms with Crippen LogP contribution in [-0.2, 0) is 9.59 Å². The van der Waals surface area contributed by atoms with Gasteiger partial charge in [-0.3, -0.25) is 14.9 Å². The molecule has 0 saturated carbocycles. The van der Waals surface area contributed by atoms with Crippen LogP contribution in [-0.4, -0.2) is 71.3 Å². The monoisotopic (exact) mass is 334 g/mol. The third kappa shape index (κ3) is 3.25. The van der Waals surface area contributed by atoms with Gasteiger partial charge in [-0.2, -0.15) is 0 Å². The Morgan fingerprint density at radius 1 is 1.33 bits per heavy atom. The number of carbonyl (C=O) groups excluding carboxylic acids is 3. The second-order valence-corrected chi connectivity index (χ2v) is 6.96. The van der Waals surface area contributed by atoms with Crippen LogP contribution in [0.15, 0.2) is 12.3 Å². The fourth-order valence-electron chi connectivity index (χ4n) is 4.11. The molecule has 3 fully saturated rings. The number of carbonyl (C=O) groups is 3. The zero-order chi connectivity index (χ0) is 17.3. The van der Waals surface area contributed by atoms with E-state index in [0.717, 1.165) is 38.8 Å². The number of nitrogens with one attached hydrogen (secondary N) is 1. The molecule has 24 heavy (non-hydrogen) atoms. The first-order valence-electron chi connectivity index (χ1n) is 8.80. The molecule has 3 rings (SSSR count). The van der Waals surface area contributed by atoms with E-state index in [9.17, 15) is 14.4 Å². The van der Waals surface area contributed by atoms with Crippen molar-refractivity contribution in [2.45, 2.75) is 38.6 Å². The van der Waals surface area contributed by atoms with E-state index in [-0.39, 0.29) is 24.9 Å². The van der Waals surface area contributed by atoms with Crippen molar-refractivity contribution in [3.8, 4) is 0 Å². The van der Waals surface area contributed by atoms with Gasteiger partial charge in [0.15, 0.2) is 0 Å². The fraction of sp³-hybridized carbons (Fsp3) is 0.706. The van der Waals surface area contributed by atoms with Crippen LogP contribution in [0.4, 0.5) is 4.79 Å². The molecule has 0 radical (unpaired) electrons. The molecule has 4 amide bonds. The van der Waals surface area contributed by atoms with Gasteiger partial charge in [0, 0.05) is 31.4 Å². The van der Waals surface area contributed by atoms with Crippen LogP contribution in [0.3, 0.4) is 0 Å². The van der Waals surface area contributed by atoms with Gasteiger partial charge in [0.1, 0.15) is 13.1 Å². The zero-order valence-electron chi connectivity index (χ0n) is 14.3. The van der Waals surface area contributed by atoms with Crippen LogP contribution >= 0.6 is 0 Å². The highest BCUT2D eigenvalue weighted by Gasteiger charge is 2.38. The van der Waals surface area contributed by atoms with Crippen LogP contribution in [0, 0.1) is 5.92 Å². The van der Waals surface area contributed by atoms with Crippen LogP contribution in [0.1, 0.15) is 32.6 Å². The minimum absolute atomic E-state index is 0.0135. The Hall–Kier alpha value is -2.05. The lowest BCUT2D eigenvalue weighted by Crippen LogP contribution is -2.55. The number of allylic oxidation sites excluding steroid dienone is 1. The highest BCUT2D eigenvalue weighted by Crippen LogP contribution is 2.35. The number of hydrogen-bond donors (Lipinski definition) is 1. The first kappa shape index (κ1) is 16.8. The summed E-state index contributed by atoms with van der Waals surface area (Å²) in [6.07, 6.45) is 4.10. The molecule has 7 heteroatoms. The average Bonchev–Trinajstić information content (AvgIpc) is 2.87. The minimum atomic E-state index is -0.466. The highest BCUT2D eigenvalue weighted by atomic mass is 16.2. The Kier molecular flexibility index (Phi) is 4.78. The van der Waals surface area contributed by atoms with E-state index in [1.54, 1.807) is 0 Å². The summed E-state index contributed by atoms with van der Waals surface area (Å²) < 4.78 is 0. The van der Waals surface area contributed by atoms with Gasteiger partial charge in [-0.05, 0) is 31.6 Å². The Morgan fingerprint density at radius 2 is 2.12 bits per heavy atom. The first-order valence-corrected chi connectivity index (χ1v) is 8.80. The molecule has 1 N–H and O–H groups in total. The summed E-state index contributed by atoms with van der Waals surface area (Å²) in [5.74, 6) is 0.0611. The SMILES string of the molecule is C=C1CC[C@@H]2CN(C(=O)CN3CC(=O)NC3=O)CC[C@@H]2N1CCC. The predicted octanol–water partition coefficient (Wildman–Crippen LogP) is 0.775. The summed E-state index contributed by atoms with van der Waals surface area (Å²) in [6.45, 7) is 8.82. The molecule has 0 aromatic rings. The summed E-state index contributed by atoms with van der Waals surface area (Å²) in [5, 5.41) is 2.21. The van der Waals surface area contributed by atoms with Gasteiger partial charge in [-0.15, -0.1) is 0 Å². The molecule has 7 nitrogen and oxygen atoms in total. The van der Waals surface area contributed by atoms with Crippen molar-refractivity contribution < 1.29 is 14.4 Å². The lowest BCUT2D eigenvalue weighted by Gasteiger charge is -2.49. The Morgan fingerprint density at radius 3 is 2.79 bits per heavy atom. The molecule has 132 valence electrons. The Balaban J connectivity index is 1.58. The third-order valence-corrected chi connectivity index (χ3v) is 5.32. The number of amides is 4. The van der Waals surface area contributed by atoms with Crippen LogP contribution in [0.5, 0.6) is 0 Å². The van der Waals surface area contributed by atoms with E-state index in [1.165, 1.54) is 10.6 Å². The molecule has 0 spiro atoms. The molecule has 0 bridgehead atoms. The number of likely N-dealkylation sites (tertiary alicyclic amines) is 2. The summed E-state index contributed by atoms with van der Waals surface area (Å²) in [4.78, 5) is 40.9. The van der Waals surface area contributed by atoms with E-state index in [2.05, 4.69) is 23.7 Å². The molecule has 0 aliphatic carbocycles. The van der Waals surface area contributed by atoms with E-state index < -0.39 is 6.03 Å². The van der Waals surface area contributed by atoms with Crippen LogP contribution in [0.2, 0.25) is 0 Å². The van der Waals surface area contributed by atoms with E-state index in [1.807, 2.05) is 4.90 Å². The number of nitrogens with zero attached hydrogens (tertiary/aromatic N) is 3. The lowest BCUT2D eigenvalue weighted by molar-refractivity contribution is -0.135. The quantitative estimate of drug-likeness (QED) is 0.771. The average molecular weight is 334 g/mol. The molecule has 0 aromatic heterocycles. The van der Waals surface area contributed by atoms with E-state index in [4.69, 9.17) is 0 Å². The predicted molar refractivity (Wildman–Crippen MR) is 89.0 cm³/mol. The van der Waals surface area contributed by atoms with Crippen molar-refractivity contribution in [1.29, 1.82) is 0 Å². The molecular weight excluding hydrogens is 308 g/mol. The van der Waals surface area contributed by atoms with Gasteiger partial charge in [0.05, 0.1) is 0 Å². The summed E-state index contributed by atoms with van der Waals surface area (Å²) in [6, 6.07) is 0.0123. The molecular formula is C17H26N4O3. The minimum Gasteiger partial charge on any atom is -0.372 e. The second-order valence-electron chi connectivity index (χ2n) is 6.96. The van der Waals surface area contributed by atoms with E-state index >= 15 is 0 Å². The van der Waals surface area contributed by atoms with Gasteiger partial charge in [0.2, 0.25) is 11.8 Å². The standard InChI is InChI=1S/C17H26N4O3/c1-3-7-21-12(2)4-5-13-9-19(8-6-14(13)21)16(23)11-20-10-15(22)18-17(20)24/h13-14H,2-11H2,1H3,(H,18,22,24)/t13-,14+/m1/s1. The topological polar surface area (TPSA) is 73.0 Å². The zero-order valence-corrected chi connectivity index (χ0v) is 14.3. The number of imide groups is 1. The van der Waals surface area contributed by atoms with Crippen molar-refractivity contribution in [2.24, 2.45) is 5.92 Å². The fourth-order valence-corrected chi connectivity index (χ4v) is 4.11. The number of rotatable bonds is 4. The number of fused-ring (bicyclic) bond motifs is 1. The Labute approximate surface area is 142 Å². The maximum Gasteiger partial charge on any atom is 0.325 e. The summed E-state index contributed by atoms with van der Waals surface area (Å²) >= 11 is 0. The molecule has 0 unspecified atom stereocenters. The van der Waals surface area contributed by atoms with Crippen LogP contribution in [0.25, 0.3) is 0 Å². The summed E-state index contributed by atoms with van der Waals surface area (Å²) in [7, 11) is 0. The van der Waals surface area contributed by atoms with Gasteiger partial charge >= 0.3 is 6.03 Å². The maximum atomic E-state index is 12.5. The van der Waals surface area contributed by atoms with Crippen molar-refractivity contribution in [3.05, 3.63) is 12.3 Å². The maximum absolute atomic E-state index is 12.5. The molecule has 0 aromatic carbocycles. The summed E-state index contributed by atoms with van der Waals surface area (Å²) in [5.41, 5.74) is 1.23. The largest absolute Gasteiger partial charge is 0.372 e. The second kappa shape index (κ2) is 6.83. The van der Waals surface area contributed by atoms with Crippen molar-refractivity contribution in [1.82, 2.24) is 20.0 Å². The van der Waals surface area contributed by atoms with Gasteiger partial charge in [0.25, 0.3) is 0 Å². The van der Waals surface area contributed by atoms with Crippen molar-refractivity contribution >= 4 is 17.8 Å². The highest BCUT2D eigenvalue weighted by molar-refractivity contribution is 6.03. The molecule has 3 saturated heterocycles. The van der Waals surface area contributed by atoms with E-state index in [0.29, 0.717) is 18.5 Å². The van der Waals surface area contributed by atoms with Gasteiger partial charge < -0.3 is 14.7 Å². The molecule has 3 aliphatic rings. The molecule has 2 atom stereocenters. The van der Waals surface area contributed by atoms with Crippen molar-refractivity contribution in [3.63, 3.8) is 0 Å². The van der Waals surface area contributed by atoms with Crippen molar-refractivity contribution in [2.75, 3.05) is 32.7 Å². The van der Waals surface area contributed by atoms with Gasteiger partial charge in [-0.1, -0.05) is 13.5 Å². The third-order valence-electron chi connectivity index (χ3n) is 5.32. The lowest BCUT2D eigenvalue weighted by atomic mass is 9.82. The molecule has 3 heterocycles.